The Morgan fingerprint density at radius 1 is 0.976 bits per heavy atom. The molecule has 3 heterocycles. The van der Waals surface area contributed by atoms with Crippen molar-refractivity contribution in [1.82, 2.24) is 30.0 Å². The molecule has 216 valence electrons. The van der Waals surface area contributed by atoms with Gasteiger partial charge in [0.05, 0.1) is 12.2 Å². The number of fused-ring (bicyclic) bond motifs is 1. The van der Waals surface area contributed by atoms with Gasteiger partial charge >= 0.3 is 0 Å². The molecule has 12 nitrogen and oxygen atoms in total. The number of amides is 1. The molecule has 3 aromatic heterocycles. The number of anilines is 1. The lowest BCUT2D eigenvalue weighted by Gasteiger charge is -2.21. The van der Waals surface area contributed by atoms with Crippen LogP contribution in [-0.2, 0) is 16.8 Å². The smallest absolute Gasteiger partial charge is 0.286 e. The van der Waals surface area contributed by atoms with Gasteiger partial charge in [0.2, 0.25) is 23.5 Å². The average molecular weight is 570 g/mol. The number of hydrogen-bond donors (Lipinski definition) is 2. The summed E-state index contributed by atoms with van der Waals surface area (Å²) in [6.45, 7) is 6.81. The van der Waals surface area contributed by atoms with Crippen LogP contribution < -0.4 is 16.2 Å². The van der Waals surface area contributed by atoms with Gasteiger partial charge in [-0.1, -0.05) is 56.3 Å². The molecule has 42 heavy (non-hydrogen) atoms. The van der Waals surface area contributed by atoms with Crippen LogP contribution in [0.15, 0.2) is 74.4 Å². The molecule has 0 fully saturated rings. The highest BCUT2D eigenvalue weighted by Gasteiger charge is 2.37. The Kier molecular flexibility index (Phi) is 7.70. The summed E-state index contributed by atoms with van der Waals surface area (Å²) in [5.74, 6) is -0.864. The molecule has 1 atom stereocenters. The molecule has 0 aliphatic rings. The number of ketones is 1. The SMILES string of the molecule is CNc1cnc(-c2ccccc2)n(CC(=O)N[C@@H](C(=O)c2nnc(C(C)(C)c3nc4ccccc4o3)o2)C(C)C)c1=O. The van der Waals surface area contributed by atoms with Crippen LogP contribution in [0.1, 0.15) is 50.2 Å². The lowest BCUT2D eigenvalue weighted by Crippen LogP contribution is -2.46. The standard InChI is InChI=1S/C30H31N7O5/c1-17(2)23(34-22(38)16-37-25(18-11-7-6-8-12-18)32-15-20(31-5)27(37)40)24(39)26-35-36-29(42-26)30(3,4)28-33-19-13-9-10-14-21(19)41-28/h6-15,17,23,31H,16H2,1-5H3,(H,34,38)/t23-/m1/s1. The van der Waals surface area contributed by atoms with E-state index in [1.165, 1.54) is 10.8 Å². The van der Waals surface area contributed by atoms with Gasteiger partial charge in [0.15, 0.2) is 5.58 Å². The zero-order valence-corrected chi connectivity index (χ0v) is 23.9. The Morgan fingerprint density at radius 3 is 2.38 bits per heavy atom. The number of nitrogens with zero attached hydrogens (tertiary/aromatic N) is 5. The van der Waals surface area contributed by atoms with Crippen LogP contribution >= 0.6 is 0 Å². The van der Waals surface area contributed by atoms with E-state index in [-0.39, 0.29) is 29.9 Å². The van der Waals surface area contributed by atoms with Crippen molar-refractivity contribution in [3.8, 4) is 11.4 Å². The number of oxazole rings is 1. The predicted octanol–water partition coefficient (Wildman–Crippen LogP) is 3.83. The first-order valence-electron chi connectivity index (χ1n) is 13.5. The molecule has 0 saturated carbocycles. The van der Waals surface area contributed by atoms with Crippen molar-refractivity contribution in [2.24, 2.45) is 5.92 Å². The van der Waals surface area contributed by atoms with Gasteiger partial charge in [-0.25, -0.2) is 9.97 Å². The van der Waals surface area contributed by atoms with Crippen molar-refractivity contribution in [2.45, 2.75) is 45.7 Å². The number of carbonyl (C=O) groups is 2. The van der Waals surface area contributed by atoms with Crippen molar-refractivity contribution >= 4 is 28.5 Å². The van der Waals surface area contributed by atoms with E-state index in [0.29, 0.717) is 28.4 Å². The van der Waals surface area contributed by atoms with E-state index in [1.54, 1.807) is 46.9 Å². The average Bonchev–Trinajstić information content (AvgIpc) is 3.66. The summed E-state index contributed by atoms with van der Waals surface area (Å²) in [7, 11) is 1.60. The lowest BCUT2D eigenvalue weighted by molar-refractivity contribution is -0.122. The molecule has 0 spiro atoms. The second kappa shape index (κ2) is 11.4. The maximum atomic E-state index is 13.5. The van der Waals surface area contributed by atoms with Gasteiger partial charge in [-0.2, -0.15) is 0 Å². The molecule has 0 saturated heterocycles. The zero-order valence-electron chi connectivity index (χ0n) is 23.9. The number of benzene rings is 2. The van der Waals surface area contributed by atoms with Crippen LogP contribution in [0.3, 0.4) is 0 Å². The molecule has 2 N–H and O–H groups in total. The highest BCUT2D eigenvalue weighted by molar-refractivity contribution is 5.98. The summed E-state index contributed by atoms with van der Waals surface area (Å²) >= 11 is 0. The second-order valence-electron chi connectivity index (χ2n) is 10.7. The van der Waals surface area contributed by atoms with E-state index in [2.05, 4.69) is 30.8 Å². The lowest BCUT2D eigenvalue weighted by atomic mass is 9.93. The highest BCUT2D eigenvalue weighted by Crippen LogP contribution is 2.32. The molecule has 0 aliphatic carbocycles. The Balaban J connectivity index is 1.38. The van der Waals surface area contributed by atoms with Crippen molar-refractivity contribution in [1.29, 1.82) is 0 Å². The quantitative estimate of drug-likeness (QED) is 0.237. The number of nitrogens with one attached hydrogen (secondary N) is 2. The molecule has 0 bridgehead atoms. The van der Waals surface area contributed by atoms with Crippen molar-refractivity contribution < 1.29 is 18.4 Å². The van der Waals surface area contributed by atoms with Crippen molar-refractivity contribution in [3.05, 3.63) is 88.8 Å². The Labute approximate surface area is 241 Å². The minimum atomic E-state index is -0.991. The number of carbonyl (C=O) groups excluding carboxylic acids is 2. The maximum Gasteiger partial charge on any atom is 0.286 e. The Hall–Kier alpha value is -5.13. The first kappa shape index (κ1) is 28.4. The second-order valence-corrected chi connectivity index (χ2v) is 10.7. The van der Waals surface area contributed by atoms with Gasteiger partial charge in [-0.15, -0.1) is 10.2 Å². The van der Waals surface area contributed by atoms with Crippen LogP contribution in [-0.4, -0.2) is 49.5 Å². The van der Waals surface area contributed by atoms with Crippen LogP contribution in [0, 0.1) is 5.92 Å². The number of rotatable bonds is 10. The molecule has 0 unspecified atom stereocenters. The predicted molar refractivity (Wildman–Crippen MR) is 155 cm³/mol. The third-order valence-corrected chi connectivity index (χ3v) is 6.91. The topological polar surface area (TPSA) is 158 Å². The molecule has 5 aromatic rings. The van der Waals surface area contributed by atoms with Crippen LogP contribution in [0.2, 0.25) is 0 Å². The fraction of sp³-hybridized carbons (Fsp3) is 0.300. The fourth-order valence-corrected chi connectivity index (χ4v) is 4.47. The minimum absolute atomic E-state index is 0.139. The summed E-state index contributed by atoms with van der Waals surface area (Å²) in [4.78, 5) is 48.9. The van der Waals surface area contributed by atoms with E-state index in [9.17, 15) is 14.4 Å². The molecule has 5 rings (SSSR count). The van der Waals surface area contributed by atoms with Gasteiger partial charge in [0.1, 0.15) is 29.0 Å². The molecule has 12 heteroatoms. The molecular formula is C30H31N7O5. The first-order valence-corrected chi connectivity index (χ1v) is 13.5. The normalized spacial score (nSPS) is 12.4. The number of aromatic nitrogens is 5. The largest absolute Gasteiger partial charge is 0.440 e. The monoisotopic (exact) mass is 569 g/mol. The molecule has 0 aliphatic heterocycles. The summed E-state index contributed by atoms with van der Waals surface area (Å²) in [6.07, 6.45) is 1.43. The summed E-state index contributed by atoms with van der Waals surface area (Å²) in [5, 5.41) is 13.6. The van der Waals surface area contributed by atoms with Crippen LogP contribution in [0.4, 0.5) is 5.69 Å². The zero-order chi connectivity index (χ0) is 30.0. The molecule has 1 amide bonds. The first-order chi connectivity index (χ1) is 20.1. The summed E-state index contributed by atoms with van der Waals surface area (Å²) in [6, 6.07) is 15.4. The van der Waals surface area contributed by atoms with Crippen LogP contribution in [0.25, 0.3) is 22.5 Å². The summed E-state index contributed by atoms with van der Waals surface area (Å²) in [5.41, 5.74) is 0.853. The summed E-state index contributed by atoms with van der Waals surface area (Å²) < 4.78 is 13.0. The minimum Gasteiger partial charge on any atom is -0.440 e. The number of para-hydroxylation sites is 2. The molecular weight excluding hydrogens is 538 g/mol. The van der Waals surface area contributed by atoms with E-state index in [0.717, 1.165) is 0 Å². The van der Waals surface area contributed by atoms with E-state index < -0.39 is 28.7 Å². The maximum absolute atomic E-state index is 13.5. The van der Waals surface area contributed by atoms with E-state index in [1.807, 2.05) is 42.5 Å². The Morgan fingerprint density at radius 2 is 1.69 bits per heavy atom. The number of Topliss-reactive ketones (excluding diaryl/α,β-unsaturated/α-hetero) is 1. The highest BCUT2D eigenvalue weighted by atomic mass is 16.4. The molecule has 0 radical (unpaired) electrons. The third kappa shape index (κ3) is 5.42. The Bertz CT molecular complexity index is 1770. The van der Waals surface area contributed by atoms with Gasteiger partial charge in [-0.05, 0) is 31.9 Å². The number of hydrogen-bond acceptors (Lipinski definition) is 10. The van der Waals surface area contributed by atoms with Crippen LogP contribution in [0.5, 0.6) is 0 Å². The third-order valence-electron chi connectivity index (χ3n) is 6.91. The van der Waals surface area contributed by atoms with E-state index >= 15 is 0 Å². The molecule has 2 aromatic carbocycles. The van der Waals surface area contributed by atoms with Crippen molar-refractivity contribution in [3.63, 3.8) is 0 Å². The van der Waals surface area contributed by atoms with Gasteiger partial charge < -0.3 is 19.5 Å². The van der Waals surface area contributed by atoms with Gasteiger partial charge in [-0.3, -0.25) is 19.0 Å². The van der Waals surface area contributed by atoms with Crippen molar-refractivity contribution in [2.75, 3.05) is 12.4 Å². The van der Waals surface area contributed by atoms with E-state index in [4.69, 9.17) is 8.83 Å². The fourth-order valence-electron chi connectivity index (χ4n) is 4.47. The van der Waals surface area contributed by atoms with Gasteiger partial charge in [0, 0.05) is 12.6 Å². The van der Waals surface area contributed by atoms with Gasteiger partial charge in [0.25, 0.3) is 11.4 Å².